The van der Waals surface area contributed by atoms with Crippen molar-refractivity contribution in [2.75, 3.05) is 45.9 Å². The van der Waals surface area contributed by atoms with Crippen molar-refractivity contribution in [3.05, 3.63) is 59.2 Å². The van der Waals surface area contributed by atoms with Crippen LogP contribution in [0.5, 0.6) is 5.75 Å². The summed E-state index contributed by atoms with van der Waals surface area (Å²) in [5, 5.41) is 5.18. The first-order valence-corrected chi connectivity index (χ1v) is 13.8. The number of nitrogens with zero attached hydrogens (tertiary/aromatic N) is 1. The van der Waals surface area contributed by atoms with Crippen LogP contribution in [0.2, 0.25) is 5.02 Å². The van der Waals surface area contributed by atoms with Gasteiger partial charge in [0, 0.05) is 48.3 Å². The van der Waals surface area contributed by atoms with Gasteiger partial charge in [0.1, 0.15) is 5.75 Å². The van der Waals surface area contributed by atoms with Gasteiger partial charge in [-0.05, 0) is 86.8 Å². The van der Waals surface area contributed by atoms with Crippen molar-refractivity contribution in [3.8, 4) is 5.75 Å². The third-order valence-corrected chi connectivity index (χ3v) is 7.81. The summed E-state index contributed by atoms with van der Waals surface area (Å²) in [7, 11) is -3.56. The monoisotopic (exact) mass is 504 g/mol. The maximum Gasteiger partial charge on any atom is 0.240 e. The number of aromatic amines is 1. The molecule has 0 bridgehead atoms. The lowest BCUT2D eigenvalue weighted by atomic mass is 10.1. The summed E-state index contributed by atoms with van der Waals surface area (Å²) >= 11 is 6.10. The predicted octanol–water partition coefficient (Wildman–Crippen LogP) is 3.80. The van der Waals surface area contributed by atoms with Crippen LogP contribution in [0, 0.1) is 0 Å². The normalized spacial score (nSPS) is 15.4. The van der Waals surface area contributed by atoms with Gasteiger partial charge < -0.3 is 19.9 Å². The summed E-state index contributed by atoms with van der Waals surface area (Å²) < 4.78 is 33.8. The number of fused-ring (bicyclic) bond motifs is 1. The molecular formula is C25H33ClN4O3S. The van der Waals surface area contributed by atoms with E-state index >= 15 is 0 Å². The molecule has 0 aliphatic carbocycles. The van der Waals surface area contributed by atoms with Gasteiger partial charge in [-0.15, -0.1) is 0 Å². The maximum absolute atomic E-state index is 12.6. The van der Waals surface area contributed by atoms with Crippen LogP contribution in [-0.4, -0.2) is 64.2 Å². The molecule has 1 saturated heterocycles. The van der Waals surface area contributed by atoms with Crippen molar-refractivity contribution in [1.82, 2.24) is 19.9 Å². The summed E-state index contributed by atoms with van der Waals surface area (Å²) in [5.41, 5.74) is 2.16. The second kappa shape index (κ2) is 12.0. The van der Waals surface area contributed by atoms with E-state index in [9.17, 15) is 8.42 Å². The van der Waals surface area contributed by atoms with Crippen LogP contribution in [0.15, 0.2) is 53.6 Å². The number of rotatable bonds is 11. The zero-order valence-electron chi connectivity index (χ0n) is 19.4. The van der Waals surface area contributed by atoms with E-state index in [1.54, 1.807) is 24.3 Å². The Balaban J connectivity index is 1.19. The number of H-pyrrole nitrogens is 1. The van der Waals surface area contributed by atoms with Gasteiger partial charge in [0.2, 0.25) is 10.0 Å². The predicted molar refractivity (Wildman–Crippen MR) is 137 cm³/mol. The Bertz CT molecular complexity index is 1160. The summed E-state index contributed by atoms with van der Waals surface area (Å²) in [4.78, 5) is 5.93. The molecule has 2 aromatic carbocycles. The molecule has 0 unspecified atom stereocenters. The molecule has 3 aromatic rings. The second-order valence-electron chi connectivity index (χ2n) is 8.62. The molecule has 0 spiro atoms. The van der Waals surface area contributed by atoms with Crippen LogP contribution in [-0.2, 0) is 16.4 Å². The largest absolute Gasteiger partial charge is 0.494 e. The van der Waals surface area contributed by atoms with Crippen molar-refractivity contribution in [3.63, 3.8) is 0 Å². The minimum Gasteiger partial charge on any atom is -0.494 e. The first kappa shape index (κ1) is 25.0. The molecule has 0 saturated carbocycles. The van der Waals surface area contributed by atoms with Crippen LogP contribution < -0.4 is 14.8 Å². The lowest BCUT2D eigenvalue weighted by Crippen LogP contribution is -2.29. The van der Waals surface area contributed by atoms with Crippen molar-refractivity contribution in [2.45, 2.75) is 30.6 Å². The molecule has 7 nitrogen and oxygen atoms in total. The SMILES string of the molecule is O=S(=O)(NCCCc1c[nH]c2ccc(Cl)cc12)c1ccc(OCCCN2CCCNCC2)cc1. The molecule has 4 rings (SSSR count). The molecule has 9 heteroatoms. The van der Waals surface area contributed by atoms with E-state index in [-0.39, 0.29) is 4.90 Å². The van der Waals surface area contributed by atoms with Gasteiger partial charge in [-0.2, -0.15) is 0 Å². The van der Waals surface area contributed by atoms with Crippen LogP contribution in [0.1, 0.15) is 24.8 Å². The molecule has 1 aliphatic rings. The minimum absolute atomic E-state index is 0.246. The van der Waals surface area contributed by atoms with Crippen LogP contribution in [0.25, 0.3) is 10.9 Å². The van der Waals surface area contributed by atoms with E-state index in [1.165, 1.54) is 6.42 Å². The van der Waals surface area contributed by atoms with Gasteiger partial charge in [-0.25, -0.2) is 13.1 Å². The fraction of sp³-hybridized carbons (Fsp3) is 0.440. The number of benzene rings is 2. The molecule has 2 heterocycles. The lowest BCUT2D eigenvalue weighted by Gasteiger charge is -2.19. The lowest BCUT2D eigenvalue weighted by molar-refractivity contribution is 0.243. The van der Waals surface area contributed by atoms with E-state index < -0.39 is 10.0 Å². The van der Waals surface area contributed by atoms with Crippen LogP contribution in [0.3, 0.4) is 0 Å². The number of hydrogen-bond acceptors (Lipinski definition) is 5. The number of halogens is 1. The van der Waals surface area contributed by atoms with Crippen LogP contribution >= 0.6 is 11.6 Å². The van der Waals surface area contributed by atoms with E-state index in [2.05, 4.69) is 19.9 Å². The summed E-state index contributed by atoms with van der Waals surface area (Å²) in [6.45, 7) is 6.34. The van der Waals surface area contributed by atoms with E-state index in [0.29, 0.717) is 30.3 Å². The fourth-order valence-electron chi connectivity index (χ4n) is 4.24. The molecule has 0 atom stereocenters. The van der Waals surface area contributed by atoms with Gasteiger partial charge >= 0.3 is 0 Å². The van der Waals surface area contributed by atoms with E-state index in [4.69, 9.17) is 16.3 Å². The molecule has 0 amide bonds. The van der Waals surface area contributed by atoms with Crippen LogP contribution in [0.4, 0.5) is 0 Å². The highest BCUT2D eigenvalue weighted by Crippen LogP contribution is 2.23. The number of aromatic nitrogens is 1. The molecule has 184 valence electrons. The molecule has 3 N–H and O–H groups in total. The maximum atomic E-state index is 12.6. The fourth-order valence-corrected chi connectivity index (χ4v) is 5.49. The number of ether oxygens (including phenoxy) is 1. The number of nitrogens with one attached hydrogen (secondary N) is 3. The minimum atomic E-state index is -3.56. The van der Waals surface area contributed by atoms with E-state index in [1.807, 2.05) is 24.4 Å². The first-order valence-electron chi connectivity index (χ1n) is 11.9. The number of aryl methyl sites for hydroxylation is 1. The summed E-state index contributed by atoms with van der Waals surface area (Å²) in [6.07, 6.45) is 5.53. The number of sulfonamides is 1. The van der Waals surface area contributed by atoms with Crippen molar-refractivity contribution in [2.24, 2.45) is 0 Å². The Morgan fingerprint density at radius 1 is 1.06 bits per heavy atom. The molecule has 1 aliphatic heterocycles. The number of hydrogen-bond donors (Lipinski definition) is 3. The Hall–Kier alpha value is -2.10. The third kappa shape index (κ3) is 6.96. The highest BCUT2D eigenvalue weighted by Gasteiger charge is 2.14. The average molecular weight is 505 g/mol. The highest BCUT2D eigenvalue weighted by molar-refractivity contribution is 7.89. The quantitative estimate of drug-likeness (QED) is 0.346. The molecule has 1 aromatic heterocycles. The van der Waals surface area contributed by atoms with Gasteiger partial charge in [0.15, 0.2) is 0 Å². The highest BCUT2D eigenvalue weighted by atomic mass is 35.5. The van der Waals surface area contributed by atoms with Gasteiger partial charge in [-0.3, -0.25) is 0 Å². The molecular weight excluding hydrogens is 472 g/mol. The van der Waals surface area contributed by atoms with Crippen molar-refractivity contribution >= 4 is 32.5 Å². The zero-order chi connectivity index (χ0) is 23.8. The van der Waals surface area contributed by atoms with E-state index in [0.717, 1.165) is 62.0 Å². The zero-order valence-corrected chi connectivity index (χ0v) is 20.9. The van der Waals surface area contributed by atoms with Crippen molar-refractivity contribution in [1.29, 1.82) is 0 Å². The third-order valence-electron chi connectivity index (χ3n) is 6.10. The van der Waals surface area contributed by atoms with Gasteiger partial charge in [0.25, 0.3) is 0 Å². The van der Waals surface area contributed by atoms with Gasteiger partial charge in [0.05, 0.1) is 11.5 Å². The second-order valence-corrected chi connectivity index (χ2v) is 10.8. The smallest absolute Gasteiger partial charge is 0.240 e. The molecule has 34 heavy (non-hydrogen) atoms. The topological polar surface area (TPSA) is 86.5 Å². The Morgan fingerprint density at radius 3 is 2.76 bits per heavy atom. The molecule has 0 radical (unpaired) electrons. The van der Waals surface area contributed by atoms with Crippen molar-refractivity contribution < 1.29 is 13.2 Å². The standard InChI is InChI=1S/C25H33ClN4O3S/c26-21-5-10-25-24(18-21)20(19-28-25)4-1-12-29-34(31,32)23-8-6-22(7-9-23)33-17-3-15-30-14-2-11-27-13-16-30/h5-10,18-19,27-29H,1-4,11-17H2. The Kier molecular flexibility index (Phi) is 8.86. The first-order chi connectivity index (χ1) is 16.5. The Labute approximate surface area is 206 Å². The molecule has 1 fully saturated rings. The average Bonchev–Trinajstić information content (AvgIpc) is 3.04. The Morgan fingerprint density at radius 2 is 1.91 bits per heavy atom. The summed E-state index contributed by atoms with van der Waals surface area (Å²) in [5.74, 6) is 0.689. The summed E-state index contributed by atoms with van der Waals surface area (Å²) in [6, 6.07) is 12.4. The van der Waals surface area contributed by atoms with Gasteiger partial charge in [-0.1, -0.05) is 11.6 Å².